The molecule has 0 aliphatic heterocycles. The Morgan fingerprint density at radius 1 is 1.57 bits per heavy atom. The minimum absolute atomic E-state index is 0.205. The molecule has 0 bridgehead atoms. The maximum absolute atomic E-state index is 12.4. The molecule has 1 aromatic heterocycles. The Hall–Kier alpha value is -1.52. The van der Waals surface area contributed by atoms with Gasteiger partial charge in [-0.25, -0.2) is 8.78 Å². The molecule has 1 rings (SSSR count). The predicted octanol–water partition coefficient (Wildman–Crippen LogP) is 1.95. The number of rotatable bonds is 3. The summed E-state index contributed by atoms with van der Waals surface area (Å²) in [5.74, 6) is -1.05. The van der Waals surface area contributed by atoms with Crippen LogP contribution in [0, 0.1) is 6.92 Å². The van der Waals surface area contributed by atoms with Crippen LogP contribution in [0.3, 0.4) is 0 Å². The lowest BCUT2D eigenvalue weighted by Gasteiger charge is -2.07. The van der Waals surface area contributed by atoms with Gasteiger partial charge in [0.25, 0.3) is 6.43 Å². The lowest BCUT2D eigenvalue weighted by molar-refractivity contribution is -0.136. The normalized spacial score (nSPS) is 10.6. The van der Waals surface area contributed by atoms with E-state index in [4.69, 9.17) is 5.11 Å². The smallest absolute Gasteiger partial charge is 0.307 e. The number of halogens is 2. The van der Waals surface area contributed by atoms with E-state index in [1.807, 2.05) is 0 Å². The van der Waals surface area contributed by atoms with Crippen LogP contribution in [0.2, 0.25) is 0 Å². The summed E-state index contributed by atoms with van der Waals surface area (Å²) < 4.78 is 24.7. The van der Waals surface area contributed by atoms with Gasteiger partial charge in [-0.05, 0) is 18.1 Å². The molecule has 0 aliphatic rings. The van der Waals surface area contributed by atoms with Gasteiger partial charge in [-0.15, -0.1) is 0 Å². The molecule has 0 saturated heterocycles. The maximum Gasteiger partial charge on any atom is 0.307 e. The fourth-order valence-electron chi connectivity index (χ4n) is 1.15. The Kier molecular flexibility index (Phi) is 3.11. The van der Waals surface area contributed by atoms with Crippen LogP contribution in [0.25, 0.3) is 0 Å². The highest BCUT2D eigenvalue weighted by Crippen LogP contribution is 2.23. The highest BCUT2D eigenvalue weighted by molar-refractivity contribution is 5.70. The summed E-state index contributed by atoms with van der Waals surface area (Å²) in [6, 6.07) is 0. The second kappa shape index (κ2) is 4.13. The summed E-state index contributed by atoms with van der Waals surface area (Å²) in [6.45, 7) is 1.47. The summed E-state index contributed by atoms with van der Waals surface area (Å²) in [7, 11) is 0. The molecule has 5 heteroatoms. The predicted molar refractivity (Wildman–Crippen MR) is 45.3 cm³/mol. The van der Waals surface area contributed by atoms with Crippen molar-refractivity contribution in [2.45, 2.75) is 19.8 Å². The molecule has 0 unspecified atom stereocenters. The van der Waals surface area contributed by atoms with Crippen molar-refractivity contribution in [2.75, 3.05) is 0 Å². The van der Waals surface area contributed by atoms with E-state index >= 15 is 0 Å². The third-order valence-corrected chi connectivity index (χ3v) is 1.94. The summed E-state index contributed by atoms with van der Waals surface area (Å²) in [5.41, 5.74) is 0.427. The number of carboxylic acid groups (broad SMARTS) is 1. The van der Waals surface area contributed by atoms with E-state index in [9.17, 15) is 13.6 Å². The molecule has 0 radical (unpaired) electrons. The SMILES string of the molecule is Cc1c(CC(=O)O)cncc1C(F)F. The molecule has 0 spiro atoms. The highest BCUT2D eigenvalue weighted by atomic mass is 19.3. The number of aliphatic carboxylic acids is 1. The van der Waals surface area contributed by atoms with Crippen molar-refractivity contribution in [3.8, 4) is 0 Å². The molecule has 0 amide bonds. The van der Waals surface area contributed by atoms with E-state index in [0.717, 1.165) is 6.20 Å². The first-order chi connectivity index (χ1) is 6.52. The third-order valence-electron chi connectivity index (χ3n) is 1.94. The summed E-state index contributed by atoms with van der Waals surface area (Å²) in [4.78, 5) is 14.0. The van der Waals surface area contributed by atoms with Gasteiger partial charge in [-0.2, -0.15) is 0 Å². The average Bonchev–Trinajstić information content (AvgIpc) is 2.07. The second-order valence-corrected chi connectivity index (χ2v) is 2.88. The van der Waals surface area contributed by atoms with Crippen LogP contribution < -0.4 is 0 Å². The second-order valence-electron chi connectivity index (χ2n) is 2.88. The number of carboxylic acids is 1. The van der Waals surface area contributed by atoms with Crippen LogP contribution in [0.15, 0.2) is 12.4 Å². The van der Waals surface area contributed by atoms with E-state index in [1.54, 1.807) is 0 Å². The van der Waals surface area contributed by atoms with Crippen molar-refractivity contribution in [2.24, 2.45) is 0 Å². The molecule has 1 aromatic rings. The van der Waals surface area contributed by atoms with Crippen molar-refractivity contribution in [3.63, 3.8) is 0 Å². The number of nitrogens with zero attached hydrogens (tertiary/aromatic N) is 1. The summed E-state index contributed by atoms with van der Waals surface area (Å²) >= 11 is 0. The average molecular weight is 201 g/mol. The zero-order valence-corrected chi connectivity index (χ0v) is 7.50. The van der Waals surface area contributed by atoms with Crippen LogP contribution in [0.1, 0.15) is 23.1 Å². The fraction of sp³-hybridized carbons (Fsp3) is 0.333. The molecule has 1 N–H and O–H groups in total. The van der Waals surface area contributed by atoms with Crippen LogP contribution >= 0.6 is 0 Å². The van der Waals surface area contributed by atoms with Crippen molar-refractivity contribution in [3.05, 3.63) is 29.1 Å². The van der Waals surface area contributed by atoms with Crippen molar-refractivity contribution >= 4 is 5.97 Å². The quantitative estimate of drug-likeness (QED) is 0.813. The summed E-state index contributed by atoms with van der Waals surface area (Å²) in [6.07, 6.45) is -0.531. The van der Waals surface area contributed by atoms with Crippen LogP contribution in [-0.4, -0.2) is 16.1 Å². The van der Waals surface area contributed by atoms with E-state index in [-0.39, 0.29) is 12.0 Å². The molecule has 0 atom stereocenters. The first-order valence-corrected chi connectivity index (χ1v) is 3.95. The lowest BCUT2D eigenvalue weighted by atomic mass is 10.0. The monoisotopic (exact) mass is 201 g/mol. The molecule has 14 heavy (non-hydrogen) atoms. The molecule has 0 fully saturated rings. The van der Waals surface area contributed by atoms with Gasteiger partial charge in [-0.3, -0.25) is 9.78 Å². The Morgan fingerprint density at radius 3 is 2.71 bits per heavy atom. The largest absolute Gasteiger partial charge is 0.481 e. The highest BCUT2D eigenvalue weighted by Gasteiger charge is 2.14. The van der Waals surface area contributed by atoms with E-state index < -0.39 is 12.4 Å². The Morgan fingerprint density at radius 2 is 2.21 bits per heavy atom. The number of hydrogen-bond acceptors (Lipinski definition) is 2. The Balaban J connectivity index is 3.07. The first kappa shape index (κ1) is 10.6. The molecule has 1 heterocycles. The minimum Gasteiger partial charge on any atom is -0.481 e. The molecule has 0 aromatic carbocycles. The summed E-state index contributed by atoms with van der Waals surface area (Å²) in [5, 5.41) is 8.51. The van der Waals surface area contributed by atoms with Crippen molar-refractivity contribution in [1.82, 2.24) is 4.98 Å². The van der Waals surface area contributed by atoms with Crippen LogP contribution in [0.5, 0.6) is 0 Å². The first-order valence-electron chi connectivity index (χ1n) is 3.95. The van der Waals surface area contributed by atoms with Crippen molar-refractivity contribution < 1.29 is 18.7 Å². The van der Waals surface area contributed by atoms with Gasteiger partial charge in [0.2, 0.25) is 0 Å². The van der Waals surface area contributed by atoms with Gasteiger partial charge >= 0.3 is 5.97 Å². The van der Waals surface area contributed by atoms with Gasteiger partial charge in [-0.1, -0.05) is 0 Å². The Bertz CT molecular complexity index is 353. The van der Waals surface area contributed by atoms with Gasteiger partial charge in [0.05, 0.1) is 6.42 Å². The zero-order chi connectivity index (χ0) is 10.7. The van der Waals surface area contributed by atoms with Crippen LogP contribution in [-0.2, 0) is 11.2 Å². The fourth-order valence-corrected chi connectivity index (χ4v) is 1.15. The molecular weight excluding hydrogens is 192 g/mol. The molecule has 0 aliphatic carbocycles. The minimum atomic E-state index is -2.61. The topological polar surface area (TPSA) is 50.2 Å². The van der Waals surface area contributed by atoms with Gasteiger partial charge in [0.15, 0.2) is 0 Å². The van der Waals surface area contributed by atoms with Gasteiger partial charge in [0, 0.05) is 18.0 Å². The van der Waals surface area contributed by atoms with Gasteiger partial charge in [0.1, 0.15) is 0 Å². The van der Waals surface area contributed by atoms with E-state index in [0.29, 0.717) is 11.1 Å². The Labute approximate surface area is 79.4 Å². The standard InChI is InChI=1S/C9H9F2NO2/c1-5-6(2-8(13)14)3-12-4-7(5)9(10)11/h3-4,9H,2H2,1H3,(H,13,14). The molecule has 0 saturated carbocycles. The number of carbonyl (C=O) groups is 1. The number of aromatic nitrogens is 1. The van der Waals surface area contributed by atoms with Crippen LogP contribution in [0.4, 0.5) is 8.78 Å². The number of pyridine rings is 1. The zero-order valence-electron chi connectivity index (χ0n) is 7.50. The molecule has 3 nitrogen and oxygen atoms in total. The van der Waals surface area contributed by atoms with Gasteiger partial charge < -0.3 is 5.11 Å². The number of alkyl halides is 2. The van der Waals surface area contributed by atoms with E-state index in [1.165, 1.54) is 13.1 Å². The third kappa shape index (κ3) is 2.25. The maximum atomic E-state index is 12.4. The lowest BCUT2D eigenvalue weighted by Crippen LogP contribution is -2.05. The van der Waals surface area contributed by atoms with E-state index in [2.05, 4.69) is 4.98 Å². The molecular formula is C9H9F2NO2. The van der Waals surface area contributed by atoms with Crippen molar-refractivity contribution in [1.29, 1.82) is 0 Å². The molecule has 76 valence electrons. The number of hydrogen-bond donors (Lipinski definition) is 1.